The normalized spacial score (nSPS) is 11.2. The molecule has 7 heteroatoms. The lowest BCUT2D eigenvalue weighted by Crippen LogP contribution is -2.22. The minimum absolute atomic E-state index is 0.00779. The van der Waals surface area contributed by atoms with Gasteiger partial charge in [-0.3, -0.25) is 9.20 Å². The summed E-state index contributed by atoms with van der Waals surface area (Å²) in [5, 5.41) is 0. The smallest absolute Gasteiger partial charge is 0.223 e. The maximum absolute atomic E-state index is 12.3. The van der Waals surface area contributed by atoms with Crippen LogP contribution in [0.3, 0.4) is 0 Å². The molecule has 0 spiro atoms. The van der Waals surface area contributed by atoms with Crippen LogP contribution < -0.4 is 9.64 Å². The van der Waals surface area contributed by atoms with Crippen molar-refractivity contribution >= 4 is 38.1 Å². The summed E-state index contributed by atoms with van der Waals surface area (Å²) >= 11 is 1.56. The lowest BCUT2D eigenvalue weighted by atomic mass is 10.1. The third-order valence-electron chi connectivity index (χ3n) is 4.43. The first-order chi connectivity index (χ1) is 13.1. The number of ether oxygens (including phenoxy) is 1. The maximum atomic E-state index is 12.3. The summed E-state index contributed by atoms with van der Waals surface area (Å²) in [6, 6.07) is 13.5. The Morgan fingerprint density at radius 3 is 2.74 bits per heavy atom. The van der Waals surface area contributed by atoms with Crippen LogP contribution in [-0.2, 0) is 4.79 Å². The van der Waals surface area contributed by atoms with Crippen molar-refractivity contribution in [2.75, 3.05) is 25.2 Å². The van der Waals surface area contributed by atoms with E-state index in [1.807, 2.05) is 53.1 Å². The second kappa shape index (κ2) is 7.00. The summed E-state index contributed by atoms with van der Waals surface area (Å²) in [6.45, 7) is 1.10. The van der Waals surface area contributed by atoms with Crippen LogP contribution in [-0.4, -0.2) is 35.6 Å². The van der Waals surface area contributed by atoms with Crippen molar-refractivity contribution in [3.05, 3.63) is 48.7 Å². The van der Waals surface area contributed by atoms with E-state index >= 15 is 0 Å². The van der Waals surface area contributed by atoms with Gasteiger partial charge in [0.15, 0.2) is 4.96 Å². The number of hydrogen-bond acceptors (Lipinski definition) is 4. The van der Waals surface area contributed by atoms with Gasteiger partial charge in [-0.25, -0.2) is 9.37 Å². The predicted octanol–water partition coefficient (Wildman–Crippen LogP) is 4.55. The molecule has 2 aromatic carbocycles. The number of rotatable bonds is 5. The zero-order valence-electron chi connectivity index (χ0n) is 15.0. The van der Waals surface area contributed by atoms with Gasteiger partial charge in [0, 0.05) is 31.4 Å². The van der Waals surface area contributed by atoms with Crippen LogP contribution >= 0.6 is 11.3 Å². The Kier molecular flexibility index (Phi) is 4.53. The highest BCUT2D eigenvalue weighted by Crippen LogP contribution is 2.32. The molecule has 0 atom stereocenters. The Balaban J connectivity index is 1.66. The van der Waals surface area contributed by atoms with E-state index in [0.29, 0.717) is 5.75 Å². The topological polar surface area (TPSA) is 46.8 Å². The molecule has 2 aromatic heterocycles. The number of carbonyl (C=O) groups excluding carboxylic acids is 1. The van der Waals surface area contributed by atoms with Crippen molar-refractivity contribution in [3.8, 4) is 17.0 Å². The molecule has 138 valence electrons. The molecule has 0 radical (unpaired) electrons. The Morgan fingerprint density at radius 2 is 2.04 bits per heavy atom. The average Bonchev–Trinajstić information content (AvgIpc) is 3.23. The highest BCUT2D eigenvalue weighted by molar-refractivity contribution is 7.23. The summed E-state index contributed by atoms with van der Waals surface area (Å²) in [5.74, 6) is 0.654. The number of imidazole rings is 1. The van der Waals surface area contributed by atoms with Crippen molar-refractivity contribution in [3.63, 3.8) is 0 Å². The zero-order chi connectivity index (χ0) is 19.0. The molecule has 1 amide bonds. The van der Waals surface area contributed by atoms with E-state index in [-0.39, 0.29) is 12.5 Å². The molecule has 5 nitrogen and oxygen atoms in total. The molecule has 0 saturated carbocycles. The second-order valence-corrected chi connectivity index (χ2v) is 7.18. The fourth-order valence-electron chi connectivity index (χ4n) is 2.90. The molecule has 0 bridgehead atoms. The van der Waals surface area contributed by atoms with Gasteiger partial charge in [-0.2, -0.15) is 0 Å². The van der Waals surface area contributed by atoms with E-state index in [9.17, 15) is 9.18 Å². The third kappa shape index (κ3) is 3.26. The summed E-state index contributed by atoms with van der Waals surface area (Å²) in [5.41, 5.74) is 3.74. The van der Waals surface area contributed by atoms with E-state index in [1.54, 1.807) is 23.3 Å². The first-order valence-electron chi connectivity index (χ1n) is 8.52. The van der Waals surface area contributed by atoms with Gasteiger partial charge in [0.05, 0.1) is 15.9 Å². The van der Waals surface area contributed by atoms with E-state index in [4.69, 9.17) is 9.72 Å². The molecule has 0 unspecified atom stereocenters. The predicted molar refractivity (Wildman–Crippen MR) is 107 cm³/mol. The van der Waals surface area contributed by atoms with E-state index in [2.05, 4.69) is 0 Å². The standard InChI is InChI=1S/C20H18FN3O2S/c1-13(25)23(2)15-5-3-14(4-6-15)17-12-24-18-8-7-16(26-10-9-21)11-19(18)27-20(24)22-17/h3-8,11-12H,9-10H2,1-2H3. The lowest BCUT2D eigenvalue weighted by Gasteiger charge is -2.14. The van der Waals surface area contributed by atoms with Crippen LogP contribution in [0.25, 0.3) is 26.4 Å². The highest BCUT2D eigenvalue weighted by atomic mass is 32.1. The molecule has 0 fully saturated rings. The number of benzene rings is 2. The number of anilines is 1. The first-order valence-corrected chi connectivity index (χ1v) is 9.33. The first kappa shape index (κ1) is 17.5. The van der Waals surface area contributed by atoms with E-state index in [1.165, 1.54) is 6.92 Å². The molecule has 27 heavy (non-hydrogen) atoms. The van der Waals surface area contributed by atoms with Crippen LogP contribution in [0.2, 0.25) is 0 Å². The number of halogens is 1. The Morgan fingerprint density at radius 1 is 1.26 bits per heavy atom. The summed E-state index contributed by atoms with van der Waals surface area (Å²) in [7, 11) is 1.75. The van der Waals surface area contributed by atoms with E-state index < -0.39 is 6.67 Å². The van der Waals surface area contributed by atoms with Crippen molar-refractivity contribution in [1.82, 2.24) is 9.38 Å². The minimum Gasteiger partial charge on any atom is -0.491 e. The molecule has 0 aliphatic rings. The zero-order valence-corrected chi connectivity index (χ0v) is 15.8. The van der Waals surface area contributed by atoms with Gasteiger partial charge in [0.2, 0.25) is 5.91 Å². The quantitative estimate of drug-likeness (QED) is 0.508. The molecule has 0 N–H and O–H groups in total. The van der Waals surface area contributed by atoms with Gasteiger partial charge in [0.25, 0.3) is 0 Å². The Hall–Kier alpha value is -2.93. The van der Waals surface area contributed by atoms with Crippen LogP contribution in [0.1, 0.15) is 6.92 Å². The third-order valence-corrected chi connectivity index (χ3v) is 5.45. The number of amides is 1. The number of aromatic nitrogens is 2. The molecule has 0 aliphatic heterocycles. The van der Waals surface area contributed by atoms with Gasteiger partial charge in [0.1, 0.15) is 19.0 Å². The minimum atomic E-state index is -0.504. The Labute approximate surface area is 159 Å². The van der Waals surface area contributed by atoms with Crippen LogP contribution in [0, 0.1) is 0 Å². The van der Waals surface area contributed by atoms with Crippen molar-refractivity contribution < 1.29 is 13.9 Å². The monoisotopic (exact) mass is 383 g/mol. The van der Waals surface area contributed by atoms with Gasteiger partial charge in [-0.15, -0.1) is 0 Å². The molecule has 0 aliphatic carbocycles. The van der Waals surface area contributed by atoms with Gasteiger partial charge < -0.3 is 9.64 Å². The molecule has 4 rings (SSSR count). The summed E-state index contributed by atoms with van der Waals surface area (Å²) in [6.07, 6.45) is 2.00. The second-order valence-electron chi connectivity index (χ2n) is 6.17. The number of thiazole rings is 1. The van der Waals surface area contributed by atoms with Gasteiger partial charge >= 0.3 is 0 Å². The average molecular weight is 383 g/mol. The number of alkyl halides is 1. The SMILES string of the molecule is CC(=O)N(C)c1ccc(-c2cn3c(n2)sc2cc(OCCF)ccc23)cc1. The van der Waals surface area contributed by atoms with Crippen molar-refractivity contribution in [2.45, 2.75) is 6.92 Å². The van der Waals surface area contributed by atoms with Gasteiger partial charge in [-0.05, 0) is 30.3 Å². The summed E-state index contributed by atoms with van der Waals surface area (Å²) in [4.78, 5) is 18.7. The number of carbonyl (C=O) groups is 1. The van der Waals surface area contributed by atoms with Crippen molar-refractivity contribution in [2.24, 2.45) is 0 Å². The lowest BCUT2D eigenvalue weighted by molar-refractivity contribution is -0.116. The molecular formula is C20H18FN3O2S. The maximum Gasteiger partial charge on any atom is 0.223 e. The fraction of sp³-hybridized carbons (Fsp3) is 0.200. The summed E-state index contributed by atoms with van der Waals surface area (Å²) < 4.78 is 20.7. The molecular weight excluding hydrogens is 365 g/mol. The number of hydrogen-bond donors (Lipinski definition) is 0. The molecule has 2 heterocycles. The Bertz CT molecular complexity index is 1120. The van der Waals surface area contributed by atoms with E-state index in [0.717, 1.165) is 32.1 Å². The largest absolute Gasteiger partial charge is 0.491 e. The molecule has 4 aromatic rings. The molecule has 0 saturated heterocycles. The van der Waals surface area contributed by atoms with Crippen molar-refractivity contribution in [1.29, 1.82) is 0 Å². The highest BCUT2D eigenvalue weighted by Gasteiger charge is 2.12. The fourth-order valence-corrected chi connectivity index (χ4v) is 3.94. The number of nitrogens with zero attached hydrogens (tertiary/aromatic N) is 3. The van der Waals surface area contributed by atoms with Crippen LogP contribution in [0.4, 0.5) is 10.1 Å². The number of fused-ring (bicyclic) bond motifs is 3. The van der Waals surface area contributed by atoms with Gasteiger partial charge in [-0.1, -0.05) is 23.5 Å². The van der Waals surface area contributed by atoms with Crippen LogP contribution in [0.5, 0.6) is 5.75 Å². The van der Waals surface area contributed by atoms with Crippen LogP contribution in [0.15, 0.2) is 48.7 Å².